The van der Waals surface area contributed by atoms with E-state index in [1.54, 1.807) is 18.3 Å². The molecule has 4 aromatic rings. The van der Waals surface area contributed by atoms with E-state index in [9.17, 15) is 23.3 Å². The summed E-state index contributed by atoms with van der Waals surface area (Å²) in [5.41, 5.74) is 5.42. The van der Waals surface area contributed by atoms with Gasteiger partial charge in [0.05, 0.1) is 28.2 Å². The number of aromatic nitrogens is 2. The Hall–Kier alpha value is -4.53. The minimum absolute atomic E-state index is 0.0777. The molecular weight excluding hydrogens is 566 g/mol. The predicted octanol–water partition coefficient (Wildman–Crippen LogP) is 3.44. The Balaban J connectivity index is 1.30. The molecule has 1 saturated carbocycles. The van der Waals surface area contributed by atoms with Crippen LogP contribution in [0.2, 0.25) is 0 Å². The molecule has 0 radical (unpaired) electrons. The smallest absolute Gasteiger partial charge is 0.312 e. The molecule has 6 rings (SSSR count). The van der Waals surface area contributed by atoms with Crippen molar-refractivity contribution in [2.45, 2.75) is 34.8 Å². The third kappa shape index (κ3) is 5.51. The highest BCUT2D eigenvalue weighted by molar-refractivity contribution is 7.91. The molecule has 2 aliphatic rings. The Morgan fingerprint density at radius 3 is 2.81 bits per heavy atom. The van der Waals surface area contributed by atoms with Crippen molar-refractivity contribution in [3.05, 3.63) is 76.6 Å². The van der Waals surface area contributed by atoms with E-state index in [4.69, 9.17) is 19.9 Å². The minimum atomic E-state index is -4.45. The molecule has 1 saturated heterocycles. The number of morpholine rings is 1. The van der Waals surface area contributed by atoms with E-state index in [0.29, 0.717) is 30.2 Å². The van der Waals surface area contributed by atoms with Crippen LogP contribution in [0.15, 0.2) is 70.7 Å². The van der Waals surface area contributed by atoms with Crippen molar-refractivity contribution in [1.82, 2.24) is 14.9 Å². The number of H-pyrrole nitrogens is 1. The van der Waals surface area contributed by atoms with Crippen molar-refractivity contribution in [2.75, 3.05) is 26.3 Å². The number of para-hydroxylation sites is 1. The van der Waals surface area contributed by atoms with Crippen LogP contribution in [-0.4, -0.2) is 72.6 Å². The highest BCUT2D eigenvalue weighted by atomic mass is 32.2. The first-order valence-corrected chi connectivity index (χ1v) is 14.7. The third-order valence-corrected chi connectivity index (χ3v) is 9.00. The third-order valence-electron chi connectivity index (χ3n) is 7.22. The predicted molar refractivity (Wildman–Crippen MR) is 150 cm³/mol. The number of primary amides is 1. The number of pyridine rings is 1. The van der Waals surface area contributed by atoms with Crippen LogP contribution >= 0.6 is 0 Å². The number of carbonyl (C=O) groups is 1. The Bertz CT molecular complexity index is 1790. The van der Waals surface area contributed by atoms with Crippen molar-refractivity contribution in [3.8, 4) is 17.2 Å². The summed E-state index contributed by atoms with van der Waals surface area (Å²) < 4.78 is 45.1. The Morgan fingerprint density at radius 2 is 2.05 bits per heavy atom. The zero-order chi connectivity index (χ0) is 29.4. The van der Waals surface area contributed by atoms with E-state index >= 15 is 0 Å². The molecule has 13 nitrogen and oxygen atoms in total. The molecular formula is C28H27N5O8S. The summed E-state index contributed by atoms with van der Waals surface area (Å²) >= 11 is 0. The molecule has 1 aliphatic carbocycles. The van der Waals surface area contributed by atoms with Crippen molar-refractivity contribution < 1.29 is 32.3 Å². The van der Waals surface area contributed by atoms with Gasteiger partial charge in [-0.3, -0.25) is 19.8 Å². The van der Waals surface area contributed by atoms with Gasteiger partial charge in [0, 0.05) is 36.8 Å². The van der Waals surface area contributed by atoms with E-state index in [2.05, 4.69) is 14.9 Å². The number of nitrogens with two attached hydrogens (primary N) is 1. The summed E-state index contributed by atoms with van der Waals surface area (Å²) in [6, 6.07) is 11.2. The fraction of sp³-hybridized carbons (Fsp3) is 0.286. The van der Waals surface area contributed by atoms with E-state index < -0.39 is 31.3 Å². The normalized spacial score (nSPS) is 17.7. The maximum absolute atomic E-state index is 13.8. The number of nitro benzene ring substituents is 1. The summed E-state index contributed by atoms with van der Waals surface area (Å²) in [4.78, 5) is 32.2. The summed E-state index contributed by atoms with van der Waals surface area (Å²) in [5, 5.41) is 12.7. The van der Waals surface area contributed by atoms with Gasteiger partial charge in [-0.05, 0) is 49.2 Å². The van der Waals surface area contributed by atoms with Gasteiger partial charge in [-0.15, -0.1) is 0 Å². The van der Waals surface area contributed by atoms with Crippen LogP contribution in [0.25, 0.3) is 11.0 Å². The largest absolute Gasteiger partial charge is 0.484 e. The molecule has 2 fully saturated rings. The van der Waals surface area contributed by atoms with E-state index in [1.165, 1.54) is 36.5 Å². The number of nitro groups is 1. The van der Waals surface area contributed by atoms with E-state index in [0.717, 1.165) is 25.5 Å². The van der Waals surface area contributed by atoms with Gasteiger partial charge in [-0.2, -0.15) is 0 Å². The van der Waals surface area contributed by atoms with Crippen molar-refractivity contribution >= 4 is 32.5 Å². The van der Waals surface area contributed by atoms with Crippen LogP contribution in [0.4, 0.5) is 5.69 Å². The number of hydrogen-bond acceptors (Lipinski definition) is 10. The Kier molecular flexibility index (Phi) is 7.26. The maximum atomic E-state index is 13.8. The van der Waals surface area contributed by atoms with Crippen LogP contribution in [-0.2, 0) is 14.6 Å². The molecule has 0 spiro atoms. The van der Waals surface area contributed by atoms with Crippen molar-refractivity contribution in [3.63, 3.8) is 0 Å². The fourth-order valence-corrected chi connectivity index (χ4v) is 6.39. The van der Waals surface area contributed by atoms with Crippen LogP contribution < -0.4 is 15.2 Å². The first kappa shape index (κ1) is 27.6. The molecule has 1 aliphatic heterocycles. The lowest BCUT2D eigenvalue weighted by Crippen LogP contribution is -2.45. The molecule has 2 aromatic carbocycles. The molecule has 0 bridgehead atoms. The van der Waals surface area contributed by atoms with Crippen LogP contribution in [0.1, 0.15) is 23.2 Å². The van der Waals surface area contributed by atoms with Gasteiger partial charge in [0.25, 0.3) is 5.91 Å². The molecule has 3 heterocycles. The zero-order valence-corrected chi connectivity index (χ0v) is 23.1. The van der Waals surface area contributed by atoms with E-state index in [-0.39, 0.29) is 40.4 Å². The number of amides is 1. The average Bonchev–Trinajstić information content (AvgIpc) is 3.73. The highest BCUT2D eigenvalue weighted by Crippen LogP contribution is 2.38. The number of sulfone groups is 1. The maximum Gasteiger partial charge on any atom is 0.312 e. The lowest BCUT2D eigenvalue weighted by atomic mass is 10.2. The van der Waals surface area contributed by atoms with E-state index in [1.807, 2.05) is 0 Å². The minimum Gasteiger partial charge on any atom is -0.484 e. The number of benzene rings is 2. The first-order chi connectivity index (χ1) is 20.2. The molecule has 1 atom stereocenters. The molecule has 3 N–H and O–H groups in total. The number of nitrogens with one attached hydrogen (secondary N) is 1. The lowest BCUT2D eigenvalue weighted by molar-refractivity contribution is -0.386. The van der Waals surface area contributed by atoms with Crippen LogP contribution in [0.3, 0.4) is 0 Å². The molecule has 14 heteroatoms. The molecule has 1 amide bonds. The number of rotatable bonds is 10. The summed E-state index contributed by atoms with van der Waals surface area (Å²) in [6.07, 6.45) is 5.09. The summed E-state index contributed by atoms with van der Waals surface area (Å²) in [7, 11) is -4.45. The number of fused-ring (bicyclic) bond motifs is 1. The summed E-state index contributed by atoms with van der Waals surface area (Å²) in [5.74, 6) is -1.16. The second-order valence-electron chi connectivity index (χ2n) is 10.1. The quantitative estimate of drug-likeness (QED) is 0.204. The van der Waals surface area contributed by atoms with Crippen LogP contribution in [0.5, 0.6) is 17.2 Å². The van der Waals surface area contributed by atoms with Gasteiger partial charge in [0.1, 0.15) is 29.0 Å². The van der Waals surface area contributed by atoms with Gasteiger partial charge >= 0.3 is 5.69 Å². The summed E-state index contributed by atoms with van der Waals surface area (Å²) in [6.45, 7) is 2.13. The fourth-order valence-electron chi connectivity index (χ4n) is 4.97. The highest BCUT2D eigenvalue weighted by Gasteiger charge is 2.34. The topological polar surface area (TPSA) is 180 Å². The van der Waals surface area contributed by atoms with Gasteiger partial charge in [0.2, 0.25) is 9.84 Å². The SMILES string of the molecule is NC(=O)c1cccc(S(=O)(=O)c2ccc(OCC3CN(C4CC4)CCO3)c([N+](=O)[O-])c2)c1Oc1cnc2[nH]ccc2c1. The molecule has 2 aromatic heterocycles. The number of hydrogen-bond donors (Lipinski definition) is 2. The number of nitrogens with zero attached hydrogens (tertiary/aromatic N) is 3. The Morgan fingerprint density at radius 1 is 1.21 bits per heavy atom. The van der Waals surface area contributed by atoms with Gasteiger partial charge in [-0.25, -0.2) is 13.4 Å². The Labute approximate surface area is 240 Å². The zero-order valence-electron chi connectivity index (χ0n) is 22.3. The molecule has 1 unspecified atom stereocenters. The van der Waals surface area contributed by atoms with Gasteiger partial charge in [-0.1, -0.05) is 6.07 Å². The van der Waals surface area contributed by atoms with Crippen molar-refractivity contribution in [1.29, 1.82) is 0 Å². The number of ether oxygens (including phenoxy) is 3. The monoisotopic (exact) mass is 593 g/mol. The van der Waals surface area contributed by atoms with Crippen LogP contribution in [0, 0.1) is 10.1 Å². The van der Waals surface area contributed by atoms with Gasteiger partial charge in [0.15, 0.2) is 11.5 Å². The molecule has 42 heavy (non-hydrogen) atoms. The molecule has 218 valence electrons. The average molecular weight is 594 g/mol. The van der Waals surface area contributed by atoms with Gasteiger partial charge < -0.3 is 24.9 Å². The number of carbonyl (C=O) groups excluding carboxylic acids is 1. The lowest BCUT2D eigenvalue weighted by Gasteiger charge is -2.32. The van der Waals surface area contributed by atoms with Crippen molar-refractivity contribution in [2.24, 2.45) is 5.73 Å². The number of aromatic amines is 1. The second-order valence-corrected chi connectivity index (χ2v) is 12.0. The first-order valence-electron chi connectivity index (χ1n) is 13.3. The second kappa shape index (κ2) is 11.0. The standard InChI is InChI=1S/C28H27N5O8S/c29-27(34)22-2-1-3-25(26(22)41-19-12-17-8-9-30-28(17)31-14-19)42(37,38)21-6-7-24(23(13-21)33(35)36)40-16-20-15-32(10-11-39-20)18-4-5-18/h1-3,6-9,12-14,18,20H,4-5,10-11,15-16H2,(H2,29,34)(H,30,31).